The van der Waals surface area contributed by atoms with Crippen molar-refractivity contribution in [2.75, 3.05) is 0 Å². The second-order valence-electron chi connectivity index (χ2n) is 7.46. The van der Waals surface area contributed by atoms with Gasteiger partial charge in [0.05, 0.1) is 11.2 Å². The SMILES string of the molecule is CC1(C)OB(c2cccc(COc3cc(F)cc(C=O)c3)c2)OC1(C)C. The Morgan fingerprint density at radius 2 is 1.77 bits per heavy atom. The van der Waals surface area contributed by atoms with Crippen LogP contribution in [0.5, 0.6) is 5.75 Å². The Labute approximate surface area is 153 Å². The number of halogens is 1. The van der Waals surface area contributed by atoms with Gasteiger partial charge < -0.3 is 14.0 Å². The van der Waals surface area contributed by atoms with E-state index in [1.807, 2.05) is 52.0 Å². The maximum atomic E-state index is 13.5. The summed E-state index contributed by atoms with van der Waals surface area (Å²) in [6, 6.07) is 11.6. The molecule has 0 saturated carbocycles. The monoisotopic (exact) mass is 356 g/mol. The third-order valence-electron chi connectivity index (χ3n) is 4.91. The zero-order chi connectivity index (χ0) is 18.9. The van der Waals surface area contributed by atoms with E-state index >= 15 is 0 Å². The van der Waals surface area contributed by atoms with Crippen LogP contribution in [0.25, 0.3) is 0 Å². The van der Waals surface area contributed by atoms with Crippen LogP contribution in [0.3, 0.4) is 0 Å². The summed E-state index contributed by atoms with van der Waals surface area (Å²) in [5.41, 5.74) is 1.23. The number of carbonyl (C=O) groups excluding carboxylic acids is 1. The Kier molecular flexibility index (Phi) is 4.91. The number of aldehydes is 1. The fourth-order valence-electron chi connectivity index (χ4n) is 2.71. The molecule has 1 aliphatic rings. The molecular formula is C20H22BFO4. The van der Waals surface area contributed by atoms with Crippen LogP contribution in [0.4, 0.5) is 4.39 Å². The second kappa shape index (κ2) is 6.85. The van der Waals surface area contributed by atoms with Crippen molar-refractivity contribution in [2.24, 2.45) is 0 Å². The molecular weight excluding hydrogens is 334 g/mol. The third-order valence-corrected chi connectivity index (χ3v) is 4.91. The first-order chi connectivity index (χ1) is 12.2. The molecule has 3 rings (SSSR count). The first kappa shape index (κ1) is 18.6. The van der Waals surface area contributed by atoms with Gasteiger partial charge in [-0.05, 0) is 50.9 Å². The molecule has 4 nitrogen and oxygen atoms in total. The van der Waals surface area contributed by atoms with E-state index in [0.717, 1.165) is 11.0 Å². The van der Waals surface area contributed by atoms with E-state index in [1.54, 1.807) is 0 Å². The lowest BCUT2D eigenvalue weighted by Gasteiger charge is -2.32. The standard InChI is InChI=1S/C20H22BFO4/c1-19(2)20(3,4)26-21(25-19)16-7-5-6-14(8-16)13-24-18-10-15(12-23)9-17(22)11-18/h5-12H,13H2,1-4H3. The minimum absolute atomic E-state index is 0.242. The van der Waals surface area contributed by atoms with E-state index < -0.39 is 24.1 Å². The van der Waals surface area contributed by atoms with Gasteiger partial charge in [0.25, 0.3) is 0 Å². The molecule has 0 aliphatic carbocycles. The summed E-state index contributed by atoms with van der Waals surface area (Å²) >= 11 is 0. The number of hydrogen-bond donors (Lipinski definition) is 0. The summed E-state index contributed by atoms with van der Waals surface area (Å²) in [5, 5.41) is 0. The van der Waals surface area contributed by atoms with Gasteiger partial charge in [-0.1, -0.05) is 24.3 Å². The van der Waals surface area contributed by atoms with Crippen LogP contribution in [-0.2, 0) is 15.9 Å². The first-order valence-electron chi connectivity index (χ1n) is 8.53. The fourth-order valence-corrected chi connectivity index (χ4v) is 2.71. The van der Waals surface area contributed by atoms with E-state index in [2.05, 4.69) is 0 Å². The average molecular weight is 356 g/mol. The van der Waals surface area contributed by atoms with Gasteiger partial charge in [-0.25, -0.2) is 4.39 Å². The molecule has 26 heavy (non-hydrogen) atoms. The maximum Gasteiger partial charge on any atom is 0.494 e. The van der Waals surface area contributed by atoms with Crippen molar-refractivity contribution in [3.63, 3.8) is 0 Å². The molecule has 0 spiro atoms. The normalized spacial score (nSPS) is 18.0. The molecule has 0 aromatic heterocycles. The quantitative estimate of drug-likeness (QED) is 0.608. The number of ether oxygens (including phenoxy) is 1. The Bertz CT molecular complexity index is 803. The fraction of sp³-hybridized carbons (Fsp3) is 0.350. The van der Waals surface area contributed by atoms with Gasteiger partial charge in [-0.3, -0.25) is 4.79 Å². The van der Waals surface area contributed by atoms with Crippen molar-refractivity contribution in [3.05, 3.63) is 59.4 Å². The zero-order valence-electron chi connectivity index (χ0n) is 15.4. The minimum Gasteiger partial charge on any atom is -0.489 e. The molecule has 0 atom stereocenters. The molecule has 0 unspecified atom stereocenters. The third kappa shape index (κ3) is 3.81. The van der Waals surface area contributed by atoms with Crippen LogP contribution < -0.4 is 10.2 Å². The highest BCUT2D eigenvalue weighted by Gasteiger charge is 2.51. The van der Waals surface area contributed by atoms with Crippen LogP contribution in [-0.4, -0.2) is 24.6 Å². The molecule has 1 saturated heterocycles. The summed E-state index contributed by atoms with van der Waals surface area (Å²) in [6.45, 7) is 8.28. The van der Waals surface area contributed by atoms with E-state index in [4.69, 9.17) is 14.0 Å². The summed E-state index contributed by atoms with van der Waals surface area (Å²) in [7, 11) is -0.448. The summed E-state index contributed by atoms with van der Waals surface area (Å²) in [5.74, 6) is -0.191. The lowest BCUT2D eigenvalue weighted by atomic mass is 9.78. The van der Waals surface area contributed by atoms with Crippen molar-refractivity contribution in [3.8, 4) is 5.75 Å². The van der Waals surface area contributed by atoms with E-state index in [1.165, 1.54) is 18.2 Å². The molecule has 6 heteroatoms. The van der Waals surface area contributed by atoms with Crippen molar-refractivity contribution >= 4 is 18.9 Å². The average Bonchev–Trinajstić information content (AvgIpc) is 2.80. The number of rotatable bonds is 5. The number of carbonyl (C=O) groups is 1. The smallest absolute Gasteiger partial charge is 0.489 e. The Morgan fingerprint density at radius 1 is 1.08 bits per heavy atom. The van der Waals surface area contributed by atoms with Crippen molar-refractivity contribution < 1.29 is 23.2 Å². The highest BCUT2D eigenvalue weighted by atomic mass is 19.1. The van der Waals surface area contributed by atoms with Gasteiger partial charge in [-0.2, -0.15) is 0 Å². The minimum atomic E-state index is -0.504. The zero-order valence-corrected chi connectivity index (χ0v) is 15.4. The second-order valence-corrected chi connectivity index (χ2v) is 7.46. The van der Waals surface area contributed by atoms with Gasteiger partial charge in [0.2, 0.25) is 0 Å². The summed E-state index contributed by atoms with van der Waals surface area (Å²) < 4.78 is 31.2. The van der Waals surface area contributed by atoms with Crippen LogP contribution >= 0.6 is 0 Å². The molecule has 0 amide bonds. The highest BCUT2D eigenvalue weighted by Crippen LogP contribution is 2.36. The summed E-state index contributed by atoms with van der Waals surface area (Å²) in [4.78, 5) is 10.8. The maximum absolute atomic E-state index is 13.5. The molecule has 1 heterocycles. The van der Waals surface area contributed by atoms with E-state index in [-0.39, 0.29) is 12.2 Å². The van der Waals surface area contributed by atoms with Gasteiger partial charge in [0, 0.05) is 11.6 Å². The Hall–Kier alpha value is -2.18. The Balaban J connectivity index is 1.73. The van der Waals surface area contributed by atoms with Crippen LogP contribution in [0.2, 0.25) is 0 Å². The number of hydrogen-bond acceptors (Lipinski definition) is 4. The molecule has 0 radical (unpaired) electrons. The van der Waals surface area contributed by atoms with Gasteiger partial charge in [-0.15, -0.1) is 0 Å². The molecule has 2 aromatic carbocycles. The highest BCUT2D eigenvalue weighted by molar-refractivity contribution is 6.62. The van der Waals surface area contributed by atoms with Crippen LogP contribution in [0, 0.1) is 5.82 Å². The lowest BCUT2D eigenvalue weighted by molar-refractivity contribution is 0.00578. The predicted molar refractivity (Wildman–Crippen MR) is 98.3 cm³/mol. The molecule has 1 aliphatic heterocycles. The lowest BCUT2D eigenvalue weighted by Crippen LogP contribution is -2.41. The predicted octanol–water partition coefficient (Wildman–Crippen LogP) is 3.52. The van der Waals surface area contributed by atoms with E-state index in [0.29, 0.717) is 12.0 Å². The van der Waals surface area contributed by atoms with Crippen LogP contribution in [0.15, 0.2) is 42.5 Å². The molecule has 1 fully saturated rings. The number of benzene rings is 2. The van der Waals surface area contributed by atoms with Gasteiger partial charge in [0.15, 0.2) is 0 Å². The van der Waals surface area contributed by atoms with Gasteiger partial charge in [0.1, 0.15) is 24.5 Å². The molecule has 0 N–H and O–H groups in total. The molecule has 2 aromatic rings. The molecule has 0 bridgehead atoms. The van der Waals surface area contributed by atoms with Crippen molar-refractivity contribution in [2.45, 2.75) is 45.5 Å². The van der Waals surface area contributed by atoms with E-state index in [9.17, 15) is 9.18 Å². The van der Waals surface area contributed by atoms with Crippen molar-refractivity contribution in [1.29, 1.82) is 0 Å². The van der Waals surface area contributed by atoms with Crippen molar-refractivity contribution in [1.82, 2.24) is 0 Å². The molecule has 136 valence electrons. The Morgan fingerprint density at radius 3 is 2.42 bits per heavy atom. The largest absolute Gasteiger partial charge is 0.494 e. The van der Waals surface area contributed by atoms with Crippen LogP contribution in [0.1, 0.15) is 43.6 Å². The van der Waals surface area contributed by atoms with Gasteiger partial charge >= 0.3 is 7.12 Å². The summed E-state index contributed by atoms with van der Waals surface area (Å²) in [6.07, 6.45) is 0.592. The topological polar surface area (TPSA) is 44.8 Å². The first-order valence-corrected chi connectivity index (χ1v) is 8.53.